The lowest BCUT2D eigenvalue weighted by Crippen LogP contribution is -2.36. The van der Waals surface area contributed by atoms with Gasteiger partial charge in [0, 0.05) is 32.0 Å². The highest BCUT2D eigenvalue weighted by molar-refractivity contribution is 7.15. The van der Waals surface area contributed by atoms with Crippen molar-refractivity contribution in [3.05, 3.63) is 34.5 Å². The van der Waals surface area contributed by atoms with Crippen LogP contribution in [-0.2, 0) is 15.9 Å². The van der Waals surface area contributed by atoms with Crippen molar-refractivity contribution in [3.63, 3.8) is 0 Å². The molecule has 1 aromatic carbocycles. The summed E-state index contributed by atoms with van der Waals surface area (Å²) in [5.41, 5.74) is 5.24. The van der Waals surface area contributed by atoms with Gasteiger partial charge in [0.05, 0.1) is 28.8 Å². The minimum Gasteiger partial charge on any atom is -0.381 e. The summed E-state index contributed by atoms with van der Waals surface area (Å²) in [6.07, 6.45) is 3.50. The number of hydrogen-bond acceptors (Lipinski definition) is 5. The van der Waals surface area contributed by atoms with Crippen molar-refractivity contribution in [1.29, 1.82) is 0 Å². The van der Waals surface area contributed by atoms with Crippen molar-refractivity contribution < 1.29 is 9.47 Å². The number of morpholine rings is 1. The highest BCUT2D eigenvalue weighted by Crippen LogP contribution is 2.34. The lowest BCUT2D eigenvalue weighted by molar-refractivity contribution is 0.0665. The maximum absolute atomic E-state index is 5.55. The molecule has 0 atom stereocenters. The number of rotatable bonds is 4. The van der Waals surface area contributed by atoms with E-state index in [2.05, 4.69) is 41.9 Å². The number of hydrogen-bond donors (Lipinski definition) is 0. The van der Waals surface area contributed by atoms with Crippen LogP contribution in [0.1, 0.15) is 29.1 Å². The van der Waals surface area contributed by atoms with Gasteiger partial charge in [-0.15, -0.1) is 11.3 Å². The zero-order valence-electron chi connectivity index (χ0n) is 15.8. The second-order valence-electron chi connectivity index (χ2n) is 7.39. The molecule has 0 unspecified atom stereocenters. The Balaban J connectivity index is 1.67. The molecule has 0 radical (unpaired) electrons. The molecule has 2 saturated heterocycles. The second-order valence-corrected chi connectivity index (χ2v) is 8.60. The molecule has 0 N–H and O–H groups in total. The Kier molecular flexibility index (Phi) is 5.57. The van der Waals surface area contributed by atoms with E-state index in [9.17, 15) is 0 Å². The fourth-order valence-electron chi connectivity index (χ4n) is 4.01. The maximum atomic E-state index is 5.55. The number of nitrogens with zero attached hydrogens (tertiary/aromatic N) is 2. The van der Waals surface area contributed by atoms with Crippen molar-refractivity contribution in [2.45, 2.75) is 33.1 Å². The number of ether oxygens (including phenoxy) is 2. The van der Waals surface area contributed by atoms with Gasteiger partial charge in [0.2, 0.25) is 0 Å². The first-order valence-corrected chi connectivity index (χ1v) is 10.5. The SMILES string of the molecule is Cc1nc(C)c(-c2cc(CC3CCOCC3)cc(N3CCOCC3)c2)s1. The molecule has 3 heterocycles. The van der Waals surface area contributed by atoms with E-state index < -0.39 is 0 Å². The van der Waals surface area contributed by atoms with Crippen LogP contribution in [0, 0.1) is 19.8 Å². The van der Waals surface area contributed by atoms with Gasteiger partial charge in [-0.25, -0.2) is 4.98 Å². The van der Waals surface area contributed by atoms with Gasteiger partial charge in [-0.2, -0.15) is 0 Å². The van der Waals surface area contributed by atoms with Crippen molar-refractivity contribution >= 4 is 17.0 Å². The van der Waals surface area contributed by atoms with Gasteiger partial charge in [0.15, 0.2) is 0 Å². The fourth-order valence-corrected chi connectivity index (χ4v) is 4.92. The zero-order valence-corrected chi connectivity index (χ0v) is 16.6. The van der Waals surface area contributed by atoms with Gasteiger partial charge in [-0.1, -0.05) is 6.07 Å². The molecule has 0 bridgehead atoms. The summed E-state index contributed by atoms with van der Waals surface area (Å²) in [6, 6.07) is 7.13. The average Bonchev–Trinajstić information content (AvgIpc) is 3.01. The molecular weight excluding hydrogens is 344 g/mol. The Morgan fingerprint density at radius 3 is 2.46 bits per heavy atom. The molecule has 2 fully saturated rings. The zero-order chi connectivity index (χ0) is 17.9. The molecule has 140 valence electrons. The second kappa shape index (κ2) is 8.07. The van der Waals surface area contributed by atoms with E-state index in [1.54, 1.807) is 11.3 Å². The summed E-state index contributed by atoms with van der Waals surface area (Å²) >= 11 is 1.80. The topological polar surface area (TPSA) is 34.6 Å². The molecule has 0 saturated carbocycles. The van der Waals surface area contributed by atoms with E-state index >= 15 is 0 Å². The van der Waals surface area contributed by atoms with E-state index in [1.165, 1.54) is 34.5 Å². The van der Waals surface area contributed by atoms with Crippen LogP contribution < -0.4 is 4.90 Å². The molecule has 2 aliphatic heterocycles. The Morgan fingerprint density at radius 2 is 1.77 bits per heavy atom. The van der Waals surface area contributed by atoms with Gasteiger partial charge in [0.25, 0.3) is 0 Å². The van der Waals surface area contributed by atoms with E-state index in [0.717, 1.165) is 62.6 Å². The lowest BCUT2D eigenvalue weighted by atomic mass is 9.91. The molecule has 26 heavy (non-hydrogen) atoms. The number of anilines is 1. The van der Waals surface area contributed by atoms with Crippen LogP contribution in [0.5, 0.6) is 0 Å². The summed E-state index contributed by atoms with van der Waals surface area (Å²) in [5.74, 6) is 0.737. The van der Waals surface area contributed by atoms with Crippen LogP contribution in [-0.4, -0.2) is 44.5 Å². The van der Waals surface area contributed by atoms with Crippen LogP contribution in [0.2, 0.25) is 0 Å². The summed E-state index contributed by atoms with van der Waals surface area (Å²) in [4.78, 5) is 8.42. The molecule has 1 aromatic heterocycles. The molecule has 0 spiro atoms. The number of aryl methyl sites for hydroxylation is 2. The van der Waals surface area contributed by atoms with Gasteiger partial charge < -0.3 is 14.4 Å². The molecular formula is C21H28N2O2S. The first-order chi connectivity index (χ1) is 12.7. The van der Waals surface area contributed by atoms with Crippen molar-refractivity contribution in [2.75, 3.05) is 44.4 Å². The van der Waals surface area contributed by atoms with E-state index in [0.29, 0.717) is 0 Å². The Hall–Kier alpha value is -1.43. The van der Waals surface area contributed by atoms with Crippen LogP contribution in [0.4, 0.5) is 5.69 Å². The Morgan fingerprint density at radius 1 is 1.04 bits per heavy atom. The molecule has 5 heteroatoms. The Labute approximate surface area is 160 Å². The third kappa shape index (κ3) is 4.11. The van der Waals surface area contributed by atoms with E-state index in [-0.39, 0.29) is 0 Å². The van der Waals surface area contributed by atoms with Gasteiger partial charge in [-0.3, -0.25) is 0 Å². The van der Waals surface area contributed by atoms with Crippen molar-refractivity contribution in [2.24, 2.45) is 5.92 Å². The highest BCUT2D eigenvalue weighted by atomic mass is 32.1. The smallest absolute Gasteiger partial charge is 0.0903 e. The minimum absolute atomic E-state index is 0.737. The lowest BCUT2D eigenvalue weighted by Gasteiger charge is -2.30. The van der Waals surface area contributed by atoms with Gasteiger partial charge >= 0.3 is 0 Å². The quantitative estimate of drug-likeness (QED) is 0.804. The summed E-state index contributed by atoms with van der Waals surface area (Å²) in [7, 11) is 0. The summed E-state index contributed by atoms with van der Waals surface area (Å²) in [5, 5.41) is 1.14. The first-order valence-electron chi connectivity index (χ1n) is 9.68. The minimum atomic E-state index is 0.737. The monoisotopic (exact) mass is 372 g/mol. The predicted octanol–water partition coefficient (Wildman–Crippen LogP) is 4.23. The van der Waals surface area contributed by atoms with Gasteiger partial charge in [0.1, 0.15) is 0 Å². The van der Waals surface area contributed by atoms with Crippen LogP contribution in [0.15, 0.2) is 18.2 Å². The molecule has 4 rings (SSSR count). The third-order valence-electron chi connectivity index (χ3n) is 5.38. The van der Waals surface area contributed by atoms with Gasteiger partial charge in [-0.05, 0) is 62.3 Å². The van der Waals surface area contributed by atoms with Crippen LogP contribution in [0.3, 0.4) is 0 Å². The largest absolute Gasteiger partial charge is 0.381 e. The standard InChI is InChI=1S/C21H28N2O2S/c1-15-21(26-16(2)22-15)19-12-18(11-17-3-7-24-8-4-17)13-20(14-19)23-5-9-25-10-6-23/h12-14,17H,3-11H2,1-2H3. The highest BCUT2D eigenvalue weighted by Gasteiger charge is 2.19. The number of thiazole rings is 1. The third-order valence-corrected chi connectivity index (χ3v) is 6.51. The summed E-state index contributed by atoms with van der Waals surface area (Å²) in [6.45, 7) is 9.62. The van der Waals surface area contributed by atoms with E-state index in [1.807, 2.05) is 0 Å². The predicted molar refractivity (Wildman–Crippen MR) is 107 cm³/mol. The first kappa shape index (κ1) is 18.0. The van der Waals surface area contributed by atoms with E-state index in [4.69, 9.17) is 9.47 Å². The number of aromatic nitrogens is 1. The van der Waals surface area contributed by atoms with Crippen molar-refractivity contribution in [1.82, 2.24) is 4.98 Å². The van der Waals surface area contributed by atoms with Crippen molar-refractivity contribution in [3.8, 4) is 10.4 Å². The molecule has 2 aliphatic rings. The summed E-state index contributed by atoms with van der Waals surface area (Å²) < 4.78 is 11.1. The molecule has 4 nitrogen and oxygen atoms in total. The van der Waals surface area contributed by atoms with Crippen LogP contribution in [0.25, 0.3) is 10.4 Å². The average molecular weight is 373 g/mol. The number of benzene rings is 1. The molecule has 2 aromatic rings. The van der Waals surface area contributed by atoms with Crippen LogP contribution >= 0.6 is 11.3 Å². The Bertz CT molecular complexity index is 746. The maximum Gasteiger partial charge on any atom is 0.0903 e. The normalized spacial score (nSPS) is 19.1. The molecule has 0 aliphatic carbocycles. The fraction of sp³-hybridized carbons (Fsp3) is 0.571. The molecule has 0 amide bonds.